The summed E-state index contributed by atoms with van der Waals surface area (Å²) in [5.74, 6) is -0.596. The van der Waals surface area contributed by atoms with Crippen molar-refractivity contribution in [3.05, 3.63) is 71.3 Å². The first-order valence-electron chi connectivity index (χ1n) is 7.32. The van der Waals surface area contributed by atoms with Crippen molar-refractivity contribution in [1.29, 1.82) is 0 Å². The molecular formula is C17H18O3. The van der Waals surface area contributed by atoms with Crippen molar-refractivity contribution in [2.45, 2.75) is 26.0 Å². The number of rotatable bonds is 4. The van der Waals surface area contributed by atoms with Gasteiger partial charge in [0.1, 0.15) is 6.08 Å². The molecule has 1 N–H and O–H groups in total. The van der Waals surface area contributed by atoms with Gasteiger partial charge in [-0.25, -0.2) is 4.79 Å². The lowest BCUT2D eigenvalue weighted by Crippen LogP contribution is -2.09. The van der Waals surface area contributed by atoms with E-state index in [4.69, 9.17) is 7.48 Å². The molecule has 0 spiro atoms. The zero-order valence-electron chi connectivity index (χ0n) is 13.5. The van der Waals surface area contributed by atoms with E-state index in [2.05, 4.69) is 0 Å². The van der Waals surface area contributed by atoms with Crippen molar-refractivity contribution in [3.63, 3.8) is 0 Å². The topological polar surface area (TPSA) is 46.5 Å². The molecule has 0 aliphatic rings. The number of ether oxygens (including phenoxy) is 1. The Morgan fingerprint density at radius 1 is 1.10 bits per heavy atom. The summed E-state index contributed by atoms with van der Waals surface area (Å²) in [6, 6.07) is 14.8. The normalized spacial score (nSPS) is 18.1. The first kappa shape index (κ1) is 11.7. The molecule has 0 aromatic heterocycles. The molecule has 0 radical (unpaired) electrons. The molecule has 0 fully saturated rings. The van der Waals surface area contributed by atoms with Gasteiger partial charge in [-0.1, -0.05) is 36.4 Å². The second kappa shape index (κ2) is 6.35. The van der Waals surface area contributed by atoms with Crippen LogP contribution in [0.5, 0.6) is 0 Å². The third kappa shape index (κ3) is 3.45. The van der Waals surface area contributed by atoms with Crippen LogP contribution < -0.4 is 0 Å². The standard InChI is InChI=1S/C17H18O3/c1-12(18)15-9-6-10-16(11-15)13(2)20-17(19)14-7-4-3-5-8-14/h3-13,18H,1-2H3/t12-,13-/m1/s1/i12D,13D. The Morgan fingerprint density at radius 2 is 1.75 bits per heavy atom. The number of benzene rings is 2. The molecule has 0 saturated carbocycles. The summed E-state index contributed by atoms with van der Waals surface area (Å²) in [6.45, 7) is 2.79. The van der Waals surface area contributed by atoms with Crippen LogP contribution in [0.4, 0.5) is 0 Å². The van der Waals surface area contributed by atoms with Crippen molar-refractivity contribution in [2.75, 3.05) is 0 Å². The van der Waals surface area contributed by atoms with Crippen LogP contribution in [0, 0.1) is 0 Å². The predicted octanol–water partition coefficient (Wildman–Crippen LogP) is 3.66. The first-order valence-corrected chi connectivity index (χ1v) is 6.32. The van der Waals surface area contributed by atoms with Crippen LogP contribution in [0.1, 0.15) is 50.2 Å². The molecule has 2 rings (SSSR count). The maximum atomic E-state index is 12.1. The number of hydrogen-bond donors (Lipinski definition) is 1. The molecule has 2 atom stereocenters. The summed E-state index contributed by atoms with van der Waals surface area (Å²) >= 11 is 0. The lowest BCUT2D eigenvalue weighted by atomic mass is 10.0. The van der Waals surface area contributed by atoms with E-state index in [1.54, 1.807) is 48.5 Å². The number of carbonyl (C=O) groups excluding carboxylic acids is 1. The lowest BCUT2D eigenvalue weighted by Gasteiger charge is -2.15. The largest absolute Gasteiger partial charge is 0.454 e. The van der Waals surface area contributed by atoms with Crippen LogP contribution in [0.25, 0.3) is 0 Å². The minimum atomic E-state index is -1.77. The average molecular weight is 272 g/mol. The highest BCUT2D eigenvalue weighted by Gasteiger charge is 2.14. The van der Waals surface area contributed by atoms with Gasteiger partial charge in [0.05, 0.1) is 14.4 Å². The fourth-order valence-electron chi connectivity index (χ4n) is 1.79. The molecule has 104 valence electrons. The average Bonchev–Trinajstić information content (AvgIpc) is 2.47. The Kier molecular flexibility index (Phi) is 3.71. The van der Waals surface area contributed by atoms with Crippen LogP contribution in [0.3, 0.4) is 0 Å². The highest BCUT2D eigenvalue weighted by atomic mass is 16.5. The maximum Gasteiger partial charge on any atom is 0.338 e. The van der Waals surface area contributed by atoms with Gasteiger partial charge in [-0.3, -0.25) is 0 Å². The van der Waals surface area contributed by atoms with E-state index in [-0.39, 0.29) is 0 Å². The van der Waals surface area contributed by atoms with E-state index < -0.39 is 18.1 Å². The fourth-order valence-corrected chi connectivity index (χ4v) is 1.79. The van der Waals surface area contributed by atoms with Crippen molar-refractivity contribution in [3.8, 4) is 0 Å². The first-order chi connectivity index (χ1) is 10.2. The summed E-state index contributed by atoms with van der Waals surface area (Å²) in [5.41, 5.74) is 1.09. The lowest BCUT2D eigenvalue weighted by molar-refractivity contribution is 0.0337. The van der Waals surface area contributed by atoms with E-state index in [0.29, 0.717) is 16.7 Å². The molecule has 2 aromatic rings. The van der Waals surface area contributed by atoms with Crippen molar-refractivity contribution in [2.24, 2.45) is 0 Å². The number of hydrogen-bond acceptors (Lipinski definition) is 3. The van der Waals surface area contributed by atoms with Gasteiger partial charge in [-0.2, -0.15) is 0 Å². The third-order valence-corrected chi connectivity index (χ3v) is 2.94. The zero-order valence-corrected chi connectivity index (χ0v) is 11.5. The fraction of sp³-hybridized carbons (Fsp3) is 0.235. The predicted molar refractivity (Wildman–Crippen MR) is 77.3 cm³/mol. The van der Waals surface area contributed by atoms with Gasteiger partial charge < -0.3 is 9.84 Å². The number of carbonyl (C=O) groups is 1. The van der Waals surface area contributed by atoms with Gasteiger partial charge in [-0.15, -0.1) is 0 Å². The van der Waals surface area contributed by atoms with E-state index in [9.17, 15) is 9.90 Å². The second-order valence-electron chi connectivity index (χ2n) is 4.48. The van der Waals surface area contributed by atoms with Gasteiger partial charge in [0, 0.05) is 0 Å². The van der Waals surface area contributed by atoms with Crippen LogP contribution in [0.15, 0.2) is 54.6 Å². The summed E-state index contributed by atoms with van der Waals surface area (Å²) in [7, 11) is 0. The number of esters is 1. The van der Waals surface area contributed by atoms with Crippen LogP contribution in [-0.2, 0) is 4.74 Å². The highest BCUT2D eigenvalue weighted by molar-refractivity contribution is 5.89. The van der Waals surface area contributed by atoms with Crippen LogP contribution in [-0.4, -0.2) is 11.1 Å². The van der Waals surface area contributed by atoms with Gasteiger partial charge in [-0.05, 0) is 43.2 Å². The Balaban J connectivity index is 2.25. The second-order valence-corrected chi connectivity index (χ2v) is 4.48. The number of aliphatic hydroxyl groups is 1. The SMILES string of the molecule is [2H][C@](C)(O)c1cccc([C@@]([2H])(C)OC(=O)c2ccccc2)c1. The van der Waals surface area contributed by atoms with Gasteiger partial charge in [0.25, 0.3) is 0 Å². The maximum absolute atomic E-state index is 12.1. The van der Waals surface area contributed by atoms with Crippen LogP contribution in [0.2, 0.25) is 0 Å². The molecule has 0 bridgehead atoms. The Labute approximate surface area is 121 Å². The minimum Gasteiger partial charge on any atom is -0.454 e. The van der Waals surface area contributed by atoms with Crippen molar-refractivity contribution < 1.29 is 17.4 Å². The quantitative estimate of drug-likeness (QED) is 0.864. The Bertz CT molecular complexity index is 661. The third-order valence-electron chi connectivity index (χ3n) is 2.94. The summed E-state index contributed by atoms with van der Waals surface area (Å²) in [4.78, 5) is 12.1. The molecule has 3 nitrogen and oxygen atoms in total. The molecule has 0 heterocycles. The zero-order chi connectivity index (χ0) is 16.4. The Morgan fingerprint density at radius 3 is 2.40 bits per heavy atom. The van der Waals surface area contributed by atoms with E-state index in [0.717, 1.165) is 0 Å². The molecule has 20 heavy (non-hydrogen) atoms. The van der Waals surface area contributed by atoms with Crippen molar-refractivity contribution >= 4 is 5.97 Å². The monoisotopic (exact) mass is 272 g/mol. The molecular weight excluding hydrogens is 252 g/mol. The molecule has 2 aromatic carbocycles. The smallest absolute Gasteiger partial charge is 0.338 e. The van der Waals surface area contributed by atoms with Crippen molar-refractivity contribution in [1.82, 2.24) is 0 Å². The van der Waals surface area contributed by atoms with E-state index in [1.165, 1.54) is 19.9 Å². The molecule has 3 heteroatoms. The summed E-state index contributed by atoms with van der Waals surface area (Å²) < 4.78 is 21.2. The molecule has 0 unspecified atom stereocenters. The molecule has 0 aliphatic heterocycles. The molecule has 0 amide bonds. The van der Waals surface area contributed by atoms with Crippen LogP contribution >= 0.6 is 0 Å². The molecule has 0 aliphatic carbocycles. The summed E-state index contributed by atoms with van der Waals surface area (Å²) in [6.07, 6.45) is -3.39. The Hall–Kier alpha value is -2.13. The van der Waals surface area contributed by atoms with E-state index in [1.807, 2.05) is 0 Å². The van der Waals surface area contributed by atoms with Gasteiger partial charge in [0.2, 0.25) is 0 Å². The minimum absolute atomic E-state index is 0.333. The van der Waals surface area contributed by atoms with Gasteiger partial charge in [0.15, 0.2) is 0 Å². The van der Waals surface area contributed by atoms with Gasteiger partial charge >= 0.3 is 5.97 Å². The summed E-state index contributed by atoms with van der Waals surface area (Å²) in [5, 5.41) is 9.74. The highest BCUT2D eigenvalue weighted by Crippen LogP contribution is 2.22. The van der Waals surface area contributed by atoms with E-state index >= 15 is 0 Å². The molecule has 0 saturated heterocycles.